The van der Waals surface area contributed by atoms with E-state index in [1.165, 1.54) is 19.3 Å². The van der Waals surface area contributed by atoms with Crippen LogP contribution < -0.4 is 5.32 Å². The quantitative estimate of drug-likeness (QED) is 0.857. The van der Waals surface area contributed by atoms with E-state index in [4.69, 9.17) is 0 Å². The second-order valence-electron chi connectivity index (χ2n) is 6.36. The fourth-order valence-corrected chi connectivity index (χ4v) is 4.15. The SMILES string of the molecule is CCNCC1(Cc2ccc(Br)cc2F)CC2CC2C1. The molecule has 3 rings (SSSR count). The lowest BCUT2D eigenvalue weighted by Gasteiger charge is -2.31. The summed E-state index contributed by atoms with van der Waals surface area (Å²) in [6.07, 6.45) is 4.85. The molecule has 0 amide bonds. The number of hydrogen-bond donors (Lipinski definition) is 1. The van der Waals surface area contributed by atoms with Gasteiger partial charge in [0.25, 0.3) is 0 Å². The molecule has 2 aliphatic rings. The normalized spacial score (nSPS) is 32.4. The lowest BCUT2D eigenvalue weighted by Crippen LogP contribution is -2.35. The Labute approximate surface area is 123 Å². The highest BCUT2D eigenvalue weighted by Crippen LogP contribution is 2.60. The molecular formula is C16H21BrFN. The van der Waals surface area contributed by atoms with E-state index in [0.29, 0.717) is 0 Å². The standard InChI is InChI=1S/C16H21BrFN/c1-2-19-10-16(8-12-5-13(12)9-16)7-11-3-4-14(17)6-15(11)18/h3-4,6,12-13,19H,2,5,7-10H2,1H3. The topological polar surface area (TPSA) is 12.0 Å². The van der Waals surface area contributed by atoms with E-state index in [9.17, 15) is 4.39 Å². The van der Waals surface area contributed by atoms with Crippen molar-refractivity contribution >= 4 is 15.9 Å². The molecule has 2 saturated carbocycles. The Balaban J connectivity index is 1.77. The Kier molecular flexibility index (Phi) is 3.69. The number of halogens is 2. The van der Waals surface area contributed by atoms with Crippen LogP contribution in [-0.2, 0) is 6.42 Å². The van der Waals surface area contributed by atoms with Gasteiger partial charge in [-0.2, -0.15) is 0 Å². The van der Waals surface area contributed by atoms with Crippen LogP contribution in [0.3, 0.4) is 0 Å². The van der Waals surface area contributed by atoms with Crippen molar-refractivity contribution in [3.05, 3.63) is 34.1 Å². The molecule has 1 aromatic carbocycles. The first-order chi connectivity index (χ1) is 9.12. The largest absolute Gasteiger partial charge is 0.316 e. The van der Waals surface area contributed by atoms with Gasteiger partial charge in [-0.1, -0.05) is 28.9 Å². The predicted octanol–water partition coefficient (Wildman–Crippen LogP) is 4.16. The van der Waals surface area contributed by atoms with Crippen molar-refractivity contribution in [3.8, 4) is 0 Å². The van der Waals surface area contributed by atoms with Gasteiger partial charge in [-0.05, 0) is 67.2 Å². The van der Waals surface area contributed by atoms with E-state index in [0.717, 1.165) is 41.4 Å². The van der Waals surface area contributed by atoms with Crippen molar-refractivity contribution < 1.29 is 4.39 Å². The molecule has 2 aliphatic carbocycles. The van der Waals surface area contributed by atoms with Crippen LogP contribution in [0.25, 0.3) is 0 Å². The summed E-state index contributed by atoms with van der Waals surface area (Å²) < 4.78 is 14.9. The third-order valence-corrected chi connectivity index (χ3v) is 5.28. The Bertz CT molecular complexity index is 464. The first-order valence-electron chi connectivity index (χ1n) is 7.26. The minimum absolute atomic E-state index is 0.0641. The van der Waals surface area contributed by atoms with Crippen LogP contribution in [0.15, 0.2) is 22.7 Å². The first-order valence-corrected chi connectivity index (χ1v) is 8.06. The van der Waals surface area contributed by atoms with Gasteiger partial charge < -0.3 is 5.32 Å². The summed E-state index contributed by atoms with van der Waals surface area (Å²) in [5.74, 6) is 1.79. The minimum Gasteiger partial charge on any atom is -0.316 e. The van der Waals surface area contributed by atoms with Gasteiger partial charge >= 0.3 is 0 Å². The molecular weight excluding hydrogens is 305 g/mol. The van der Waals surface area contributed by atoms with Crippen molar-refractivity contribution in [2.45, 2.75) is 32.6 Å². The number of rotatable bonds is 5. The van der Waals surface area contributed by atoms with Gasteiger partial charge in [0.1, 0.15) is 5.82 Å². The zero-order chi connectivity index (χ0) is 13.5. The summed E-state index contributed by atoms with van der Waals surface area (Å²) in [4.78, 5) is 0. The molecule has 3 heteroatoms. The molecule has 0 saturated heterocycles. The van der Waals surface area contributed by atoms with Crippen molar-refractivity contribution in [2.24, 2.45) is 17.3 Å². The monoisotopic (exact) mass is 325 g/mol. The molecule has 1 nitrogen and oxygen atoms in total. The molecule has 2 atom stereocenters. The highest BCUT2D eigenvalue weighted by atomic mass is 79.9. The smallest absolute Gasteiger partial charge is 0.127 e. The fraction of sp³-hybridized carbons (Fsp3) is 0.625. The van der Waals surface area contributed by atoms with E-state index < -0.39 is 0 Å². The third kappa shape index (κ3) is 2.87. The second-order valence-corrected chi connectivity index (χ2v) is 7.27. The molecule has 0 heterocycles. The molecule has 0 spiro atoms. The molecule has 0 radical (unpaired) electrons. The maximum atomic E-state index is 14.1. The highest BCUT2D eigenvalue weighted by Gasteiger charge is 2.53. The average molecular weight is 326 g/mol. The van der Waals surface area contributed by atoms with Crippen molar-refractivity contribution in [2.75, 3.05) is 13.1 Å². The van der Waals surface area contributed by atoms with Crippen LogP contribution in [0.5, 0.6) is 0 Å². The maximum Gasteiger partial charge on any atom is 0.127 e. The van der Waals surface area contributed by atoms with E-state index in [-0.39, 0.29) is 11.2 Å². The summed E-state index contributed by atoms with van der Waals surface area (Å²) >= 11 is 3.33. The molecule has 1 N–H and O–H groups in total. The van der Waals surface area contributed by atoms with Crippen molar-refractivity contribution in [1.82, 2.24) is 5.32 Å². The van der Waals surface area contributed by atoms with Crippen molar-refractivity contribution in [1.29, 1.82) is 0 Å². The predicted molar refractivity (Wildman–Crippen MR) is 79.6 cm³/mol. The summed E-state index contributed by atoms with van der Waals surface area (Å²) in [7, 11) is 0. The van der Waals surface area contributed by atoms with Gasteiger partial charge in [-0.15, -0.1) is 0 Å². The van der Waals surface area contributed by atoms with Crippen LogP contribution in [0.4, 0.5) is 4.39 Å². The number of nitrogens with one attached hydrogen (secondary N) is 1. The Hall–Kier alpha value is -0.410. The number of hydrogen-bond acceptors (Lipinski definition) is 1. The molecule has 2 unspecified atom stereocenters. The number of benzene rings is 1. The number of fused-ring (bicyclic) bond motifs is 1. The Morgan fingerprint density at radius 1 is 1.37 bits per heavy atom. The molecule has 104 valence electrons. The van der Waals surface area contributed by atoms with Gasteiger partial charge in [-0.25, -0.2) is 4.39 Å². The minimum atomic E-state index is -0.0641. The maximum absolute atomic E-state index is 14.1. The summed E-state index contributed by atoms with van der Waals surface area (Å²) in [6.45, 7) is 4.18. The molecule has 2 fully saturated rings. The first kappa shape index (κ1) is 13.6. The Morgan fingerprint density at radius 2 is 2.11 bits per heavy atom. The van der Waals surface area contributed by atoms with Gasteiger partial charge in [0, 0.05) is 11.0 Å². The lowest BCUT2D eigenvalue weighted by atomic mass is 9.77. The van der Waals surface area contributed by atoms with Gasteiger partial charge in [0.2, 0.25) is 0 Å². The van der Waals surface area contributed by atoms with E-state index >= 15 is 0 Å². The summed E-state index contributed by atoms with van der Waals surface area (Å²) in [5.41, 5.74) is 1.17. The molecule has 1 aromatic rings. The van der Waals surface area contributed by atoms with E-state index in [1.54, 1.807) is 6.07 Å². The van der Waals surface area contributed by atoms with Crippen LogP contribution in [-0.4, -0.2) is 13.1 Å². The zero-order valence-corrected chi connectivity index (χ0v) is 13.0. The Morgan fingerprint density at radius 3 is 2.74 bits per heavy atom. The van der Waals surface area contributed by atoms with Crippen molar-refractivity contribution in [3.63, 3.8) is 0 Å². The highest BCUT2D eigenvalue weighted by molar-refractivity contribution is 9.10. The summed E-state index contributed by atoms with van der Waals surface area (Å²) in [6, 6.07) is 5.48. The van der Waals surface area contributed by atoms with Crippen LogP contribution >= 0.6 is 15.9 Å². The van der Waals surface area contributed by atoms with Crippen LogP contribution in [0.2, 0.25) is 0 Å². The van der Waals surface area contributed by atoms with Gasteiger partial charge in [0.15, 0.2) is 0 Å². The fourth-order valence-electron chi connectivity index (χ4n) is 3.82. The molecule has 0 aromatic heterocycles. The second kappa shape index (κ2) is 5.17. The average Bonchev–Trinajstić information content (AvgIpc) is 2.99. The third-order valence-electron chi connectivity index (χ3n) is 4.79. The van der Waals surface area contributed by atoms with E-state index in [2.05, 4.69) is 28.2 Å². The molecule has 0 aliphatic heterocycles. The van der Waals surface area contributed by atoms with Gasteiger partial charge in [0.05, 0.1) is 0 Å². The molecule has 0 bridgehead atoms. The van der Waals surface area contributed by atoms with E-state index in [1.807, 2.05) is 12.1 Å². The van der Waals surface area contributed by atoms with Gasteiger partial charge in [-0.3, -0.25) is 0 Å². The van der Waals surface area contributed by atoms with Crippen LogP contribution in [0.1, 0.15) is 31.7 Å². The lowest BCUT2D eigenvalue weighted by molar-refractivity contribution is 0.247. The van der Waals surface area contributed by atoms with Crippen LogP contribution in [0, 0.1) is 23.1 Å². The molecule has 19 heavy (non-hydrogen) atoms. The zero-order valence-electron chi connectivity index (χ0n) is 11.4. The summed E-state index contributed by atoms with van der Waals surface area (Å²) in [5, 5.41) is 3.49.